The first-order chi connectivity index (χ1) is 16.3. The molecule has 0 aliphatic carbocycles. The Morgan fingerprint density at radius 3 is 2.68 bits per heavy atom. The molecule has 0 saturated carbocycles. The van der Waals surface area contributed by atoms with E-state index in [1.807, 2.05) is 6.92 Å². The number of pyridine rings is 1. The van der Waals surface area contributed by atoms with E-state index in [-0.39, 0.29) is 22.9 Å². The lowest BCUT2D eigenvalue weighted by molar-refractivity contribution is 0.0783. The summed E-state index contributed by atoms with van der Waals surface area (Å²) in [5, 5.41) is 0.126. The fraction of sp³-hybridized carbons (Fsp3) is 0.292. The highest BCUT2D eigenvalue weighted by molar-refractivity contribution is 7.92. The van der Waals surface area contributed by atoms with Crippen molar-refractivity contribution in [3.8, 4) is 0 Å². The van der Waals surface area contributed by atoms with Gasteiger partial charge in [-0.1, -0.05) is 24.6 Å². The molecule has 1 aliphatic rings. The van der Waals surface area contributed by atoms with E-state index in [1.54, 1.807) is 52.1 Å². The number of halogens is 1. The van der Waals surface area contributed by atoms with Crippen molar-refractivity contribution in [2.75, 3.05) is 13.1 Å². The highest BCUT2D eigenvalue weighted by Crippen LogP contribution is 2.27. The van der Waals surface area contributed by atoms with Gasteiger partial charge in [-0.3, -0.25) is 14.0 Å². The molecule has 34 heavy (non-hydrogen) atoms. The molecule has 0 bridgehead atoms. The third-order valence-electron chi connectivity index (χ3n) is 6.26. The summed E-state index contributed by atoms with van der Waals surface area (Å²) in [5.41, 5.74) is 1.08. The molecule has 5 rings (SSSR count). The molecule has 8 nitrogen and oxygen atoms in total. The zero-order valence-corrected chi connectivity index (χ0v) is 20.1. The second-order valence-corrected chi connectivity index (χ2v) is 11.1. The van der Waals surface area contributed by atoms with E-state index in [2.05, 4.69) is 4.98 Å². The molecule has 1 saturated heterocycles. The maximum Gasteiger partial charge on any atom is 0.270 e. The fourth-order valence-corrected chi connectivity index (χ4v) is 6.34. The number of aromatic nitrogens is 3. The second-order valence-electron chi connectivity index (χ2n) is 8.43. The predicted octanol–water partition coefficient (Wildman–Crippen LogP) is 3.40. The highest BCUT2D eigenvalue weighted by Gasteiger charge is 2.37. The Bertz CT molecular complexity index is 1570. The molecule has 4 heterocycles. The molecule has 3 aromatic heterocycles. The minimum absolute atomic E-state index is 0.0891. The molecule has 176 valence electrons. The number of fused-ring (bicyclic) bond motifs is 2. The third kappa shape index (κ3) is 3.69. The van der Waals surface area contributed by atoms with Crippen LogP contribution in [-0.4, -0.2) is 51.5 Å². The van der Waals surface area contributed by atoms with E-state index in [0.717, 1.165) is 6.42 Å². The molecule has 1 atom stereocenters. The van der Waals surface area contributed by atoms with Crippen LogP contribution >= 0.6 is 11.6 Å². The van der Waals surface area contributed by atoms with Crippen LogP contribution in [0.3, 0.4) is 0 Å². The van der Waals surface area contributed by atoms with Gasteiger partial charge in [-0.25, -0.2) is 13.4 Å². The van der Waals surface area contributed by atoms with Gasteiger partial charge in [0, 0.05) is 30.9 Å². The van der Waals surface area contributed by atoms with Crippen LogP contribution in [0.5, 0.6) is 0 Å². The number of rotatable bonds is 5. The Kier molecular flexibility index (Phi) is 5.69. The van der Waals surface area contributed by atoms with Gasteiger partial charge in [0.05, 0.1) is 15.5 Å². The van der Waals surface area contributed by atoms with Crippen molar-refractivity contribution in [3.63, 3.8) is 0 Å². The summed E-state index contributed by atoms with van der Waals surface area (Å²) in [4.78, 5) is 33.0. The number of hydrogen-bond acceptors (Lipinski definition) is 5. The topological polar surface area (TPSA) is 93.8 Å². The zero-order chi connectivity index (χ0) is 24.0. The summed E-state index contributed by atoms with van der Waals surface area (Å²) < 4.78 is 29.4. The summed E-state index contributed by atoms with van der Waals surface area (Å²) in [5.74, 6) is -0.297. The molecule has 1 aromatic carbocycles. The maximum absolute atomic E-state index is 13.5. The summed E-state index contributed by atoms with van der Waals surface area (Å²) in [7, 11) is -3.61. The van der Waals surface area contributed by atoms with Crippen molar-refractivity contribution in [2.45, 2.75) is 36.5 Å². The van der Waals surface area contributed by atoms with Crippen molar-refractivity contribution in [1.82, 2.24) is 18.9 Å². The quantitative estimate of drug-likeness (QED) is 0.420. The van der Waals surface area contributed by atoms with E-state index >= 15 is 0 Å². The Hall–Kier alpha value is -3.17. The number of hydrogen-bond donors (Lipinski definition) is 0. The second kappa shape index (κ2) is 8.56. The number of carbonyl (C=O) groups is 1. The standard InChI is InChI=1S/C24H23ClN4O4S/c1-2-11-28-20(14-19-22(28)26-21-5-3-4-12-29(21)23(19)30)24(31)27-13-10-18(15-27)34(32,33)17-8-6-16(25)7-9-17/h3-9,12,14,18H,2,10-11,13,15H2,1H3. The molecule has 10 heteroatoms. The minimum Gasteiger partial charge on any atom is -0.336 e. The van der Waals surface area contributed by atoms with Gasteiger partial charge < -0.3 is 9.47 Å². The molecule has 1 unspecified atom stereocenters. The normalized spacial score (nSPS) is 16.5. The minimum atomic E-state index is -3.61. The van der Waals surface area contributed by atoms with Gasteiger partial charge in [0.1, 0.15) is 17.0 Å². The predicted molar refractivity (Wildman–Crippen MR) is 130 cm³/mol. The summed E-state index contributed by atoms with van der Waals surface area (Å²) in [6, 6.07) is 13.0. The number of amides is 1. The summed E-state index contributed by atoms with van der Waals surface area (Å²) >= 11 is 5.89. The first-order valence-electron chi connectivity index (χ1n) is 11.1. The Morgan fingerprint density at radius 1 is 1.18 bits per heavy atom. The smallest absolute Gasteiger partial charge is 0.270 e. The molecular formula is C24H23ClN4O4S. The lowest BCUT2D eigenvalue weighted by atomic mass is 10.3. The molecule has 0 spiro atoms. The number of aryl methyl sites for hydroxylation is 1. The lowest BCUT2D eigenvalue weighted by Crippen LogP contribution is -2.33. The van der Waals surface area contributed by atoms with E-state index < -0.39 is 15.1 Å². The molecule has 0 radical (unpaired) electrons. The van der Waals surface area contributed by atoms with Crippen LogP contribution in [0.4, 0.5) is 0 Å². The van der Waals surface area contributed by atoms with E-state index in [1.165, 1.54) is 16.5 Å². The SMILES string of the molecule is CCCn1c(C(=O)N2CCC(S(=O)(=O)c3ccc(Cl)cc3)C2)cc2c(=O)n3ccccc3nc21. The number of benzene rings is 1. The molecule has 4 aromatic rings. The van der Waals surface area contributed by atoms with Crippen LogP contribution in [0, 0.1) is 0 Å². The first kappa shape index (κ1) is 22.6. The number of carbonyl (C=O) groups excluding carboxylic acids is 1. The molecule has 1 fully saturated rings. The number of likely N-dealkylation sites (tertiary alicyclic amines) is 1. The third-order valence-corrected chi connectivity index (χ3v) is 8.70. The Balaban J connectivity index is 1.50. The van der Waals surface area contributed by atoms with Crippen LogP contribution in [0.25, 0.3) is 16.7 Å². The summed E-state index contributed by atoms with van der Waals surface area (Å²) in [6.45, 7) is 2.91. The van der Waals surface area contributed by atoms with Crippen molar-refractivity contribution in [2.24, 2.45) is 0 Å². The Morgan fingerprint density at radius 2 is 1.94 bits per heavy atom. The fourth-order valence-electron chi connectivity index (χ4n) is 4.52. The van der Waals surface area contributed by atoms with Crippen molar-refractivity contribution in [1.29, 1.82) is 0 Å². The maximum atomic E-state index is 13.5. The first-order valence-corrected chi connectivity index (χ1v) is 13.0. The van der Waals surface area contributed by atoms with Gasteiger partial charge in [0.15, 0.2) is 9.84 Å². The van der Waals surface area contributed by atoms with Gasteiger partial charge in [0.25, 0.3) is 11.5 Å². The van der Waals surface area contributed by atoms with E-state index in [4.69, 9.17) is 11.6 Å². The van der Waals surface area contributed by atoms with Crippen molar-refractivity contribution >= 4 is 44.0 Å². The van der Waals surface area contributed by atoms with Gasteiger partial charge in [-0.15, -0.1) is 0 Å². The summed E-state index contributed by atoms with van der Waals surface area (Å²) in [6.07, 6.45) is 2.73. The highest BCUT2D eigenvalue weighted by atomic mass is 35.5. The Labute approximate surface area is 201 Å². The van der Waals surface area contributed by atoms with Crippen LogP contribution < -0.4 is 5.56 Å². The van der Waals surface area contributed by atoms with Crippen LogP contribution in [0.2, 0.25) is 5.02 Å². The van der Waals surface area contributed by atoms with Crippen LogP contribution in [0.1, 0.15) is 30.3 Å². The van der Waals surface area contributed by atoms with E-state index in [0.29, 0.717) is 46.9 Å². The monoisotopic (exact) mass is 498 g/mol. The lowest BCUT2D eigenvalue weighted by Gasteiger charge is -2.18. The average molecular weight is 499 g/mol. The zero-order valence-electron chi connectivity index (χ0n) is 18.5. The molecule has 0 N–H and O–H groups in total. The number of nitrogens with zero attached hydrogens (tertiary/aromatic N) is 4. The van der Waals surface area contributed by atoms with Gasteiger partial charge in [-0.2, -0.15) is 0 Å². The van der Waals surface area contributed by atoms with Crippen LogP contribution in [-0.2, 0) is 16.4 Å². The molecule has 1 aliphatic heterocycles. The number of sulfone groups is 1. The molecular weight excluding hydrogens is 476 g/mol. The van der Waals surface area contributed by atoms with Gasteiger partial charge >= 0.3 is 0 Å². The largest absolute Gasteiger partial charge is 0.336 e. The average Bonchev–Trinajstić information content (AvgIpc) is 3.46. The molecule has 1 amide bonds. The van der Waals surface area contributed by atoms with Crippen molar-refractivity contribution < 1.29 is 13.2 Å². The van der Waals surface area contributed by atoms with Crippen molar-refractivity contribution in [3.05, 3.63) is 75.8 Å². The van der Waals surface area contributed by atoms with E-state index in [9.17, 15) is 18.0 Å². The van der Waals surface area contributed by atoms with Gasteiger partial charge in [0.2, 0.25) is 0 Å². The van der Waals surface area contributed by atoms with Gasteiger partial charge in [-0.05, 0) is 55.3 Å². The van der Waals surface area contributed by atoms with Crippen LogP contribution in [0.15, 0.2) is 64.4 Å².